The van der Waals surface area contributed by atoms with Crippen molar-refractivity contribution < 1.29 is 9.47 Å². The van der Waals surface area contributed by atoms with E-state index in [1.807, 2.05) is 72.8 Å². The predicted molar refractivity (Wildman–Crippen MR) is 90.7 cm³/mol. The van der Waals surface area contributed by atoms with Crippen LogP contribution in [-0.2, 0) is 6.42 Å². The second kappa shape index (κ2) is 7.45. The van der Waals surface area contributed by atoms with E-state index in [2.05, 4.69) is 11.9 Å². The molecule has 2 aromatic carbocycles. The van der Waals surface area contributed by atoms with Gasteiger partial charge in [0.1, 0.15) is 17.6 Å². The van der Waals surface area contributed by atoms with Gasteiger partial charge in [-0.25, -0.2) is 4.98 Å². The fraction of sp³-hybridized carbons (Fsp3) is 0.100. The van der Waals surface area contributed by atoms with Crippen molar-refractivity contribution in [3.05, 3.63) is 91.5 Å². The Labute approximate surface area is 136 Å². The summed E-state index contributed by atoms with van der Waals surface area (Å²) in [4.78, 5) is 4.14. The third kappa shape index (κ3) is 4.58. The fourth-order valence-corrected chi connectivity index (χ4v) is 2.21. The number of para-hydroxylation sites is 1. The number of nitrogens with zero attached hydrogens (tertiary/aromatic N) is 1. The number of ether oxygens (including phenoxy) is 2. The molecule has 1 heterocycles. The van der Waals surface area contributed by atoms with Crippen LogP contribution in [0.2, 0.25) is 0 Å². The molecule has 3 rings (SSSR count). The zero-order valence-corrected chi connectivity index (χ0v) is 12.8. The summed E-state index contributed by atoms with van der Waals surface area (Å²) in [5, 5.41) is 0. The molecule has 0 N–H and O–H groups in total. The van der Waals surface area contributed by atoms with Gasteiger partial charge in [-0.2, -0.15) is 0 Å². The lowest BCUT2D eigenvalue weighted by Crippen LogP contribution is -2.16. The topological polar surface area (TPSA) is 31.4 Å². The molecule has 0 aliphatic carbocycles. The van der Waals surface area contributed by atoms with Crippen LogP contribution in [0.15, 0.2) is 79.0 Å². The first-order chi connectivity index (χ1) is 11.3. The molecular formula is C20H18NO2. The molecule has 23 heavy (non-hydrogen) atoms. The molecule has 115 valence electrons. The monoisotopic (exact) mass is 304 g/mol. The Hall–Kier alpha value is -2.81. The lowest BCUT2D eigenvalue weighted by atomic mass is 10.1. The van der Waals surface area contributed by atoms with Gasteiger partial charge in [0.05, 0.1) is 0 Å². The van der Waals surface area contributed by atoms with Gasteiger partial charge < -0.3 is 9.47 Å². The SMILES string of the molecule is [CH2]C(Cc1ccc(Oc2ccccc2)cc1)Oc1ccccn1. The zero-order valence-electron chi connectivity index (χ0n) is 12.8. The average Bonchev–Trinajstić information content (AvgIpc) is 2.58. The number of hydrogen-bond acceptors (Lipinski definition) is 3. The molecule has 1 aromatic heterocycles. The predicted octanol–water partition coefficient (Wildman–Crippen LogP) is 4.70. The first-order valence-electron chi connectivity index (χ1n) is 7.52. The van der Waals surface area contributed by atoms with Crippen molar-refractivity contribution in [3.8, 4) is 17.4 Å². The number of hydrogen-bond donors (Lipinski definition) is 0. The second-order valence-corrected chi connectivity index (χ2v) is 5.17. The van der Waals surface area contributed by atoms with Gasteiger partial charge in [-0.1, -0.05) is 36.4 Å². The highest BCUT2D eigenvalue weighted by molar-refractivity contribution is 5.33. The molecule has 3 heteroatoms. The Morgan fingerprint density at radius 3 is 2.22 bits per heavy atom. The lowest BCUT2D eigenvalue weighted by Gasteiger charge is -2.14. The van der Waals surface area contributed by atoms with E-state index in [1.54, 1.807) is 6.20 Å². The van der Waals surface area contributed by atoms with Gasteiger partial charge in [-0.05, 0) is 42.8 Å². The Kier molecular flexibility index (Phi) is 4.89. The van der Waals surface area contributed by atoms with Crippen LogP contribution in [0.25, 0.3) is 0 Å². The summed E-state index contributed by atoms with van der Waals surface area (Å²) >= 11 is 0. The largest absolute Gasteiger partial charge is 0.474 e. The molecular weight excluding hydrogens is 286 g/mol. The van der Waals surface area contributed by atoms with Gasteiger partial charge in [-0.3, -0.25) is 0 Å². The van der Waals surface area contributed by atoms with Crippen molar-refractivity contribution in [2.75, 3.05) is 0 Å². The summed E-state index contributed by atoms with van der Waals surface area (Å²) in [6.07, 6.45) is 2.23. The maximum Gasteiger partial charge on any atom is 0.213 e. The molecule has 0 aliphatic heterocycles. The van der Waals surface area contributed by atoms with Crippen molar-refractivity contribution in [1.29, 1.82) is 0 Å². The zero-order chi connectivity index (χ0) is 15.9. The van der Waals surface area contributed by atoms with Crippen LogP contribution < -0.4 is 9.47 Å². The first kappa shape index (κ1) is 15.1. The molecule has 1 atom stereocenters. The molecule has 0 spiro atoms. The van der Waals surface area contributed by atoms with Crippen molar-refractivity contribution >= 4 is 0 Å². The van der Waals surface area contributed by atoms with Crippen LogP contribution in [0, 0.1) is 6.92 Å². The molecule has 0 bridgehead atoms. The van der Waals surface area contributed by atoms with Crippen LogP contribution in [0.1, 0.15) is 5.56 Å². The lowest BCUT2D eigenvalue weighted by molar-refractivity contribution is 0.237. The van der Waals surface area contributed by atoms with Crippen LogP contribution in [0.4, 0.5) is 0 Å². The number of aromatic nitrogens is 1. The highest BCUT2D eigenvalue weighted by atomic mass is 16.5. The third-order valence-corrected chi connectivity index (χ3v) is 3.29. The smallest absolute Gasteiger partial charge is 0.213 e. The summed E-state index contributed by atoms with van der Waals surface area (Å²) in [6.45, 7) is 4.03. The molecule has 0 amide bonds. The maximum atomic E-state index is 5.78. The fourth-order valence-electron chi connectivity index (χ4n) is 2.21. The van der Waals surface area contributed by atoms with E-state index in [0.717, 1.165) is 17.1 Å². The molecule has 0 saturated heterocycles. The van der Waals surface area contributed by atoms with Crippen LogP contribution in [0.5, 0.6) is 17.4 Å². The third-order valence-electron chi connectivity index (χ3n) is 3.29. The van der Waals surface area contributed by atoms with Crippen molar-refractivity contribution in [2.45, 2.75) is 12.5 Å². The molecule has 0 fully saturated rings. The normalized spacial score (nSPS) is 11.7. The van der Waals surface area contributed by atoms with E-state index in [0.29, 0.717) is 12.3 Å². The summed E-state index contributed by atoms with van der Waals surface area (Å²) in [7, 11) is 0. The van der Waals surface area contributed by atoms with Crippen molar-refractivity contribution in [1.82, 2.24) is 4.98 Å². The summed E-state index contributed by atoms with van der Waals surface area (Å²) < 4.78 is 11.5. The Morgan fingerprint density at radius 1 is 0.826 bits per heavy atom. The van der Waals surface area contributed by atoms with E-state index in [1.165, 1.54) is 0 Å². The van der Waals surface area contributed by atoms with Gasteiger partial charge in [-0.15, -0.1) is 0 Å². The second-order valence-electron chi connectivity index (χ2n) is 5.17. The van der Waals surface area contributed by atoms with Crippen molar-refractivity contribution in [2.24, 2.45) is 0 Å². The van der Waals surface area contributed by atoms with Gasteiger partial charge in [0.2, 0.25) is 5.88 Å². The van der Waals surface area contributed by atoms with E-state index in [-0.39, 0.29) is 6.10 Å². The highest BCUT2D eigenvalue weighted by Gasteiger charge is 2.07. The minimum absolute atomic E-state index is 0.189. The molecule has 0 aliphatic rings. The summed E-state index contributed by atoms with van der Waals surface area (Å²) in [5.41, 5.74) is 1.14. The van der Waals surface area contributed by atoms with Gasteiger partial charge in [0, 0.05) is 18.7 Å². The van der Waals surface area contributed by atoms with Gasteiger partial charge in [0.15, 0.2) is 0 Å². The summed E-state index contributed by atoms with van der Waals surface area (Å²) in [5.74, 6) is 2.23. The minimum atomic E-state index is -0.189. The Bertz CT molecular complexity index is 712. The van der Waals surface area contributed by atoms with Crippen LogP contribution >= 0.6 is 0 Å². The maximum absolute atomic E-state index is 5.78. The van der Waals surface area contributed by atoms with E-state index >= 15 is 0 Å². The molecule has 1 radical (unpaired) electrons. The van der Waals surface area contributed by atoms with Gasteiger partial charge in [0.25, 0.3) is 0 Å². The van der Waals surface area contributed by atoms with Crippen LogP contribution in [-0.4, -0.2) is 11.1 Å². The Morgan fingerprint density at radius 2 is 1.52 bits per heavy atom. The van der Waals surface area contributed by atoms with E-state index in [9.17, 15) is 0 Å². The quantitative estimate of drug-likeness (QED) is 0.661. The number of pyridine rings is 1. The van der Waals surface area contributed by atoms with E-state index < -0.39 is 0 Å². The number of rotatable bonds is 6. The molecule has 1 unspecified atom stereocenters. The van der Waals surface area contributed by atoms with Crippen molar-refractivity contribution in [3.63, 3.8) is 0 Å². The molecule has 0 saturated carbocycles. The molecule has 3 nitrogen and oxygen atoms in total. The molecule has 3 aromatic rings. The summed E-state index contributed by atoms with van der Waals surface area (Å²) in [6, 6.07) is 23.3. The highest BCUT2D eigenvalue weighted by Crippen LogP contribution is 2.21. The van der Waals surface area contributed by atoms with Gasteiger partial charge >= 0.3 is 0 Å². The Balaban J connectivity index is 1.57. The van der Waals surface area contributed by atoms with Crippen LogP contribution in [0.3, 0.4) is 0 Å². The minimum Gasteiger partial charge on any atom is -0.474 e. The average molecular weight is 304 g/mol. The first-order valence-corrected chi connectivity index (χ1v) is 7.52. The van der Waals surface area contributed by atoms with E-state index in [4.69, 9.17) is 9.47 Å². The standard InChI is InChI=1S/C20H18NO2/c1-16(22-20-9-5-6-14-21-20)15-17-10-12-19(13-11-17)23-18-7-3-2-4-8-18/h2-14,16H,1,15H2. The number of benzene rings is 2.